The second-order valence-corrected chi connectivity index (χ2v) is 9.68. The minimum Gasteiger partial charge on any atom is -0.467 e. The Hall–Kier alpha value is -2.10. The SMILES string of the molecule is Cc1ccc(S(=O)(=O)N2CCC(Oc3nc4c(F)cc(F)cc4s3)CC2)cc1. The number of piperidine rings is 1. The molecule has 0 spiro atoms. The van der Waals surface area contributed by atoms with Crippen molar-refractivity contribution in [3.05, 3.63) is 53.6 Å². The maximum atomic E-state index is 13.8. The first-order valence-electron chi connectivity index (χ1n) is 8.82. The van der Waals surface area contributed by atoms with Gasteiger partial charge in [0.05, 0.1) is 9.60 Å². The van der Waals surface area contributed by atoms with E-state index in [0.717, 1.165) is 23.0 Å². The molecule has 1 fully saturated rings. The van der Waals surface area contributed by atoms with Crippen LogP contribution in [0.2, 0.25) is 0 Å². The maximum absolute atomic E-state index is 13.8. The largest absolute Gasteiger partial charge is 0.467 e. The molecular formula is C19H18F2N2O3S2. The standard InChI is InChI=1S/C19H18F2N2O3S2/c1-12-2-4-15(5-3-12)28(24,25)23-8-6-14(7-9-23)26-19-22-18-16(21)10-13(20)11-17(18)27-19/h2-5,10-11,14H,6-9H2,1H3. The molecule has 2 heterocycles. The number of hydrogen-bond acceptors (Lipinski definition) is 5. The molecule has 1 saturated heterocycles. The molecule has 0 amide bonds. The normalized spacial score (nSPS) is 16.5. The lowest BCUT2D eigenvalue weighted by molar-refractivity contribution is 0.135. The predicted molar refractivity (Wildman–Crippen MR) is 103 cm³/mol. The highest BCUT2D eigenvalue weighted by Crippen LogP contribution is 2.32. The number of ether oxygens (including phenoxy) is 1. The van der Waals surface area contributed by atoms with Crippen LogP contribution >= 0.6 is 11.3 Å². The van der Waals surface area contributed by atoms with Gasteiger partial charge in [0, 0.05) is 19.2 Å². The first kappa shape index (κ1) is 19.2. The van der Waals surface area contributed by atoms with E-state index < -0.39 is 21.7 Å². The van der Waals surface area contributed by atoms with Crippen molar-refractivity contribution in [3.63, 3.8) is 0 Å². The van der Waals surface area contributed by atoms with Gasteiger partial charge >= 0.3 is 0 Å². The molecule has 3 aromatic rings. The van der Waals surface area contributed by atoms with Crippen LogP contribution in [0.5, 0.6) is 5.19 Å². The second kappa shape index (κ2) is 7.38. The van der Waals surface area contributed by atoms with Crippen LogP contribution in [-0.4, -0.2) is 36.9 Å². The molecule has 28 heavy (non-hydrogen) atoms. The molecule has 5 nitrogen and oxygen atoms in total. The number of benzene rings is 2. The topological polar surface area (TPSA) is 59.5 Å². The number of nitrogens with zero attached hydrogens (tertiary/aromatic N) is 2. The summed E-state index contributed by atoms with van der Waals surface area (Å²) in [4.78, 5) is 4.37. The fourth-order valence-corrected chi connectivity index (χ4v) is 5.57. The molecule has 9 heteroatoms. The van der Waals surface area contributed by atoms with E-state index >= 15 is 0 Å². The summed E-state index contributed by atoms with van der Waals surface area (Å²) in [5.41, 5.74) is 1.08. The number of halogens is 2. The highest BCUT2D eigenvalue weighted by atomic mass is 32.2. The van der Waals surface area contributed by atoms with Gasteiger partial charge < -0.3 is 4.74 Å². The third-order valence-electron chi connectivity index (χ3n) is 4.72. The van der Waals surface area contributed by atoms with Gasteiger partial charge in [-0.25, -0.2) is 17.2 Å². The number of hydrogen-bond donors (Lipinski definition) is 0. The van der Waals surface area contributed by atoms with E-state index in [1.54, 1.807) is 24.3 Å². The lowest BCUT2D eigenvalue weighted by Gasteiger charge is -2.30. The van der Waals surface area contributed by atoms with Crippen LogP contribution in [0.4, 0.5) is 8.78 Å². The molecule has 4 rings (SSSR count). The van der Waals surface area contributed by atoms with Crippen molar-refractivity contribution in [2.24, 2.45) is 0 Å². The van der Waals surface area contributed by atoms with Crippen LogP contribution in [-0.2, 0) is 10.0 Å². The van der Waals surface area contributed by atoms with Crippen LogP contribution in [0.15, 0.2) is 41.3 Å². The minimum absolute atomic E-state index is 0.0841. The quantitative estimate of drug-likeness (QED) is 0.632. The van der Waals surface area contributed by atoms with E-state index in [4.69, 9.17) is 4.74 Å². The number of sulfonamides is 1. The molecular weight excluding hydrogens is 406 g/mol. The van der Waals surface area contributed by atoms with Gasteiger partial charge in [-0.1, -0.05) is 29.0 Å². The van der Waals surface area contributed by atoms with Crippen molar-refractivity contribution in [2.75, 3.05) is 13.1 Å². The van der Waals surface area contributed by atoms with E-state index in [1.165, 1.54) is 10.4 Å². The third-order valence-corrected chi connectivity index (χ3v) is 7.53. The zero-order valence-corrected chi connectivity index (χ0v) is 16.7. The van der Waals surface area contributed by atoms with Crippen molar-refractivity contribution in [1.82, 2.24) is 9.29 Å². The molecule has 1 aromatic heterocycles. The average Bonchev–Trinajstić information content (AvgIpc) is 3.05. The van der Waals surface area contributed by atoms with Crippen molar-refractivity contribution in [3.8, 4) is 5.19 Å². The molecule has 0 N–H and O–H groups in total. The Balaban J connectivity index is 1.43. The number of fused-ring (bicyclic) bond motifs is 1. The summed E-state index contributed by atoms with van der Waals surface area (Å²) in [5, 5.41) is 0.263. The van der Waals surface area contributed by atoms with Gasteiger partial charge in [0.2, 0.25) is 10.0 Å². The summed E-state index contributed by atoms with van der Waals surface area (Å²) < 4.78 is 60.2. The fourth-order valence-electron chi connectivity index (χ4n) is 3.18. The highest BCUT2D eigenvalue weighted by molar-refractivity contribution is 7.89. The van der Waals surface area contributed by atoms with Crippen LogP contribution < -0.4 is 4.74 Å². The molecule has 0 unspecified atom stereocenters. The van der Waals surface area contributed by atoms with Crippen LogP contribution in [0.1, 0.15) is 18.4 Å². The van der Waals surface area contributed by atoms with Crippen LogP contribution in [0, 0.1) is 18.6 Å². The third kappa shape index (κ3) is 3.74. The lowest BCUT2D eigenvalue weighted by Crippen LogP contribution is -2.41. The Morgan fingerprint density at radius 1 is 1.14 bits per heavy atom. The van der Waals surface area contributed by atoms with E-state index in [9.17, 15) is 17.2 Å². The maximum Gasteiger partial charge on any atom is 0.274 e. The summed E-state index contributed by atoms with van der Waals surface area (Å²) in [5.74, 6) is -1.38. The molecule has 148 valence electrons. The molecule has 0 bridgehead atoms. The summed E-state index contributed by atoms with van der Waals surface area (Å²) >= 11 is 1.08. The van der Waals surface area contributed by atoms with Gasteiger partial charge in [-0.3, -0.25) is 0 Å². The first-order valence-corrected chi connectivity index (χ1v) is 11.1. The second-order valence-electron chi connectivity index (χ2n) is 6.75. The zero-order chi connectivity index (χ0) is 19.9. The Bertz CT molecular complexity index is 1110. The van der Waals surface area contributed by atoms with E-state index in [2.05, 4.69) is 4.98 Å². The van der Waals surface area contributed by atoms with Crippen molar-refractivity contribution < 1.29 is 21.9 Å². The van der Waals surface area contributed by atoms with E-state index in [1.807, 2.05) is 6.92 Å². The molecule has 0 radical (unpaired) electrons. The van der Waals surface area contributed by atoms with Crippen LogP contribution in [0.25, 0.3) is 10.2 Å². The highest BCUT2D eigenvalue weighted by Gasteiger charge is 2.30. The summed E-state index contributed by atoms with van der Waals surface area (Å²) in [6.07, 6.45) is 0.772. The van der Waals surface area contributed by atoms with E-state index in [0.29, 0.717) is 30.6 Å². The van der Waals surface area contributed by atoms with Gasteiger partial charge in [0.15, 0.2) is 5.82 Å². The lowest BCUT2D eigenvalue weighted by atomic mass is 10.1. The molecule has 0 saturated carbocycles. The number of aromatic nitrogens is 1. The Morgan fingerprint density at radius 3 is 2.50 bits per heavy atom. The van der Waals surface area contributed by atoms with Gasteiger partial charge in [0.1, 0.15) is 17.4 Å². The van der Waals surface area contributed by atoms with Crippen molar-refractivity contribution >= 4 is 31.6 Å². The van der Waals surface area contributed by atoms with Crippen molar-refractivity contribution in [1.29, 1.82) is 0 Å². The summed E-state index contributed by atoms with van der Waals surface area (Å²) in [6.45, 7) is 2.56. The molecule has 2 aromatic carbocycles. The van der Waals surface area contributed by atoms with Crippen LogP contribution in [0.3, 0.4) is 0 Å². The Morgan fingerprint density at radius 2 is 1.82 bits per heavy atom. The smallest absolute Gasteiger partial charge is 0.274 e. The number of rotatable bonds is 4. The zero-order valence-electron chi connectivity index (χ0n) is 15.1. The monoisotopic (exact) mass is 424 g/mol. The molecule has 1 aliphatic rings. The average molecular weight is 424 g/mol. The Kier molecular flexibility index (Phi) is 5.07. The Labute approximate surface area is 165 Å². The van der Waals surface area contributed by atoms with Crippen molar-refractivity contribution in [2.45, 2.75) is 30.8 Å². The van der Waals surface area contributed by atoms with Gasteiger partial charge in [0.25, 0.3) is 5.19 Å². The predicted octanol–water partition coefficient (Wildman–Crippen LogP) is 4.12. The number of aryl methyl sites for hydroxylation is 1. The molecule has 0 atom stereocenters. The summed E-state index contributed by atoms with van der Waals surface area (Å²) in [6, 6.07) is 8.79. The number of thiazole rings is 1. The van der Waals surface area contributed by atoms with E-state index in [-0.39, 0.29) is 21.7 Å². The van der Waals surface area contributed by atoms with Gasteiger partial charge in [-0.2, -0.15) is 9.29 Å². The first-order chi connectivity index (χ1) is 13.3. The molecule has 0 aliphatic carbocycles. The fraction of sp³-hybridized carbons (Fsp3) is 0.316. The molecule has 1 aliphatic heterocycles. The summed E-state index contributed by atoms with van der Waals surface area (Å²) in [7, 11) is -3.53. The van der Waals surface area contributed by atoms with Gasteiger partial charge in [-0.05, 0) is 38.0 Å². The minimum atomic E-state index is -3.53. The van der Waals surface area contributed by atoms with Gasteiger partial charge in [-0.15, -0.1) is 0 Å².